The topological polar surface area (TPSA) is 32.3 Å². The van der Waals surface area contributed by atoms with Gasteiger partial charge in [0.1, 0.15) is 0 Å². The average molecular weight is 170 g/mol. The number of nitrogens with one attached hydrogen (secondary N) is 1. The fourth-order valence-electron chi connectivity index (χ4n) is 0.917. The predicted octanol–water partition coefficient (Wildman–Crippen LogP) is 0.630. The minimum atomic E-state index is -0.000502. The van der Waals surface area contributed by atoms with Crippen molar-refractivity contribution in [2.45, 2.75) is 12.8 Å². The highest BCUT2D eigenvalue weighted by molar-refractivity contribution is 5.86. The van der Waals surface area contributed by atoms with Crippen molar-refractivity contribution < 1.29 is 4.79 Å². The Morgan fingerprint density at radius 3 is 2.75 bits per heavy atom. The largest absolute Gasteiger partial charge is 0.342 e. The molecule has 12 heavy (non-hydrogen) atoms. The van der Waals surface area contributed by atoms with Crippen LogP contribution in [0, 0.1) is 0 Å². The van der Waals surface area contributed by atoms with E-state index in [4.69, 9.17) is 0 Å². The van der Waals surface area contributed by atoms with Crippen molar-refractivity contribution in [3.05, 3.63) is 12.7 Å². The van der Waals surface area contributed by atoms with Crippen LogP contribution in [0.3, 0.4) is 0 Å². The maximum absolute atomic E-state index is 11.0. The lowest BCUT2D eigenvalue weighted by atomic mass is 10.3. The van der Waals surface area contributed by atoms with Crippen molar-refractivity contribution in [2.24, 2.45) is 0 Å². The Hall–Kier alpha value is -0.830. The summed E-state index contributed by atoms with van der Waals surface area (Å²) in [4.78, 5) is 12.7. The maximum Gasteiger partial charge on any atom is 0.245 e. The summed E-state index contributed by atoms with van der Waals surface area (Å²) in [7, 11) is 3.72. The summed E-state index contributed by atoms with van der Waals surface area (Å²) in [5.41, 5.74) is 0. The zero-order valence-corrected chi connectivity index (χ0v) is 7.97. The second-order valence-corrected chi connectivity index (χ2v) is 2.77. The molecule has 0 heterocycles. The second-order valence-electron chi connectivity index (χ2n) is 2.77. The van der Waals surface area contributed by atoms with Gasteiger partial charge in [0.05, 0.1) is 0 Å². The van der Waals surface area contributed by atoms with Crippen LogP contribution in [0.5, 0.6) is 0 Å². The van der Waals surface area contributed by atoms with Crippen LogP contribution >= 0.6 is 0 Å². The van der Waals surface area contributed by atoms with Crippen molar-refractivity contribution in [1.29, 1.82) is 0 Å². The van der Waals surface area contributed by atoms with Gasteiger partial charge in [-0.1, -0.05) is 6.58 Å². The lowest BCUT2D eigenvalue weighted by molar-refractivity contribution is -0.124. The smallest absolute Gasteiger partial charge is 0.245 e. The van der Waals surface area contributed by atoms with Gasteiger partial charge in [0.25, 0.3) is 0 Å². The lowest BCUT2D eigenvalue weighted by Gasteiger charge is -2.14. The average Bonchev–Trinajstić information content (AvgIpc) is 2.10. The molecule has 0 saturated heterocycles. The first-order valence-electron chi connectivity index (χ1n) is 4.24. The minimum Gasteiger partial charge on any atom is -0.342 e. The van der Waals surface area contributed by atoms with Gasteiger partial charge in [-0.05, 0) is 32.5 Å². The van der Waals surface area contributed by atoms with Gasteiger partial charge in [-0.25, -0.2) is 0 Å². The molecule has 0 aliphatic rings. The number of likely N-dealkylation sites (N-methyl/N-ethyl adjacent to an activating group) is 1. The molecule has 0 bridgehead atoms. The molecule has 0 spiro atoms. The molecular weight excluding hydrogens is 152 g/mol. The van der Waals surface area contributed by atoms with E-state index in [0.29, 0.717) is 0 Å². The minimum absolute atomic E-state index is 0.000502. The van der Waals surface area contributed by atoms with Crippen molar-refractivity contribution in [2.75, 3.05) is 27.2 Å². The molecule has 0 unspecified atom stereocenters. The van der Waals surface area contributed by atoms with Gasteiger partial charge in [0, 0.05) is 13.6 Å². The lowest BCUT2D eigenvalue weighted by Crippen LogP contribution is -2.26. The van der Waals surface area contributed by atoms with Crippen molar-refractivity contribution in [3.63, 3.8) is 0 Å². The third kappa shape index (κ3) is 4.91. The standard InChI is InChI=1S/C9H18N2O/c1-4-9(12)11(3)8-6-5-7-10-2/h4,10H,1,5-8H2,2-3H3. The number of hydrogen-bond acceptors (Lipinski definition) is 2. The molecule has 0 aromatic carbocycles. The molecule has 1 amide bonds. The van der Waals surface area contributed by atoms with Crippen LogP contribution in [0.4, 0.5) is 0 Å². The summed E-state index contributed by atoms with van der Waals surface area (Å²) in [5, 5.41) is 3.06. The Balaban J connectivity index is 3.37. The summed E-state index contributed by atoms with van der Waals surface area (Å²) >= 11 is 0. The molecule has 0 aromatic heterocycles. The van der Waals surface area contributed by atoms with Gasteiger partial charge in [0.15, 0.2) is 0 Å². The molecule has 0 radical (unpaired) electrons. The van der Waals surface area contributed by atoms with E-state index < -0.39 is 0 Å². The highest BCUT2D eigenvalue weighted by atomic mass is 16.2. The number of nitrogens with zero attached hydrogens (tertiary/aromatic N) is 1. The molecule has 0 aliphatic carbocycles. The highest BCUT2D eigenvalue weighted by Gasteiger charge is 2.01. The third-order valence-corrected chi connectivity index (χ3v) is 1.72. The number of amides is 1. The highest BCUT2D eigenvalue weighted by Crippen LogP contribution is 1.92. The van der Waals surface area contributed by atoms with Crippen LogP contribution in [-0.4, -0.2) is 38.0 Å². The molecule has 0 aromatic rings. The molecule has 3 nitrogen and oxygen atoms in total. The summed E-state index contributed by atoms with van der Waals surface area (Å²) in [6.45, 7) is 5.24. The Bertz CT molecular complexity index is 145. The van der Waals surface area contributed by atoms with Crippen molar-refractivity contribution >= 4 is 5.91 Å². The van der Waals surface area contributed by atoms with E-state index in [9.17, 15) is 4.79 Å². The Labute approximate surface area is 74.4 Å². The molecule has 70 valence electrons. The molecule has 0 saturated carbocycles. The van der Waals surface area contributed by atoms with Gasteiger partial charge >= 0.3 is 0 Å². The van der Waals surface area contributed by atoms with Crippen LogP contribution in [0.15, 0.2) is 12.7 Å². The van der Waals surface area contributed by atoms with Crippen LogP contribution in [0.1, 0.15) is 12.8 Å². The van der Waals surface area contributed by atoms with E-state index >= 15 is 0 Å². The van der Waals surface area contributed by atoms with Crippen LogP contribution < -0.4 is 5.32 Å². The number of carbonyl (C=O) groups excluding carboxylic acids is 1. The van der Waals surface area contributed by atoms with Crippen LogP contribution in [0.25, 0.3) is 0 Å². The fraction of sp³-hybridized carbons (Fsp3) is 0.667. The summed E-state index contributed by atoms with van der Waals surface area (Å²) in [6, 6.07) is 0. The molecule has 0 rings (SSSR count). The van der Waals surface area contributed by atoms with Crippen molar-refractivity contribution in [3.8, 4) is 0 Å². The molecule has 0 aliphatic heterocycles. The van der Waals surface area contributed by atoms with Crippen LogP contribution in [-0.2, 0) is 4.79 Å². The monoisotopic (exact) mass is 170 g/mol. The number of unbranched alkanes of at least 4 members (excludes halogenated alkanes) is 1. The Morgan fingerprint density at radius 2 is 2.25 bits per heavy atom. The van der Waals surface area contributed by atoms with Gasteiger partial charge < -0.3 is 10.2 Å². The quantitative estimate of drug-likeness (QED) is 0.468. The number of hydrogen-bond donors (Lipinski definition) is 1. The molecule has 0 atom stereocenters. The third-order valence-electron chi connectivity index (χ3n) is 1.72. The van der Waals surface area contributed by atoms with E-state index in [1.165, 1.54) is 6.08 Å². The summed E-state index contributed by atoms with van der Waals surface area (Å²) in [5.74, 6) is -0.000502. The fourth-order valence-corrected chi connectivity index (χ4v) is 0.917. The zero-order chi connectivity index (χ0) is 9.40. The second kappa shape index (κ2) is 6.85. The summed E-state index contributed by atoms with van der Waals surface area (Å²) < 4.78 is 0. The van der Waals surface area contributed by atoms with Gasteiger partial charge in [-0.15, -0.1) is 0 Å². The van der Waals surface area contributed by atoms with Crippen molar-refractivity contribution in [1.82, 2.24) is 10.2 Å². The predicted molar refractivity (Wildman–Crippen MR) is 51.0 cm³/mol. The Kier molecular flexibility index (Phi) is 6.38. The first-order chi connectivity index (χ1) is 5.72. The molecular formula is C9H18N2O. The van der Waals surface area contributed by atoms with E-state index in [-0.39, 0.29) is 5.91 Å². The maximum atomic E-state index is 11.0. The zero-order valence-electron chi connectivity index (χ0n) is 7.97. The first-order valence-corrected chi connectivity index (χ1v) is 4.24. The van der Waals surface area contributed by atoms with E-state index in [2.05, 4.69) is 11.9 Å². The van der Waals surface area contributed by atoms with Crippen LogP contribution in [0.2, 0.25) is 0 Å². The summed E-state index contributed by atoms with van der Waals surface area (Å²) in [6.07, 6.45) is 3.49. The number of carbonyl (C=O) groups is 1. The Morgan fingerprint density at radius 1 is 1.58 bits per heavy atom. The van der Waals surface area contributed by atoms with Gasteiger partial charge in [0.2, 0.25) is 5.91 Å². The molecule has 3 heteroatoms. The van der Waals surface area contributed by atoms with E-state index in [1.807, 2.05) is 7.05 Å². The van der Waals surface area contributed by atoms with Gasteiger partial charge in [-0.3, -0.25) is 4.79 Å². The first kappa shape index (κ1) is 11.2. The van der Waals surface area contributed by atoms with E-state index in [1.54, 1.807) is 11.9 Å². The number of rotatable bonds is 6. The normalized spacial score (nSPS) is 9.50. The van der Waals surface area contributed by atoms with E-state index in [0.717, 1.165) is 25.9 Å². The van der Waals surface area contributed by atoms with Gasteiger partial charge in [-0.2, -0.15) is 0 Å². The molecule has 1 N–H and O–H groups in total. The SMILES string of the molecule is C=CC(=O)N(C)CCCCNC. The molecule has 0 fully saturated rings.